The van der Waals surface area contributed by atoms with E-state index in [1.54, 1.807) is 0 Å². The summed E-state index contributed by atoms with van der Waals surface area (Å²) in [5, 5.41) is 8.16. The number of ketones is 1. The average Bonchev–Trinajstić information content (AvgIpc) is 1.88. The van der Waals surface area contributed by atoms with Crippen molar-refractivity contribution >= 4 is 17.6 Å². The Morgan fingerprint density at radius 1 is 1.25 bits per heavy atom. The topological polar surface area (TPSA) is 123 Å². The van der Waals surface area contributed by atoms with Crippen molar-refractivity contribution in [2.24, 2.45) is 11.5 Å². The fraction of sp³-hybridized carbons (Fsp3) is 0.500. The molecule has 0 aromatic rings. The van der Waals surface area contributed by atoms with Crippen molar-refractivity contribution in [1.82, 2.24) is 0 Å². The Hall–Kier alpha value is -1.43. The summed E-state index contributed by atoms with van der Waals surface area (Å²) in [5.41, 5.74) is 8.99. The Balaban J connectivity index is 0. The van der Waals surface area contributed by atoms with Gasteiger partial charge in [-0.3, -0.25) is 14.4 Å². The maximum Gasteiger partial charge on any atom is 0.284 e. The summed E-state index contributed by atoms with van der Waals surface area (Å²) in [6.45, 7) is 2.45. The van der Waals surface area contributed by atoms with Gasteiger partial charge < -0.3 is 16.6 Å². The van der Waals surface area contributed by atoms with Gasteiger partial charge in [-0.05, 0) is 6.92 Å². The zero-order chi connectivity index (χ0) is 10.3. The zero-order valence-corrected chi connectivity index (χ0v) is 6.90. The largest absolute Gasteiger partial charge is 0.384 e. The molecule has 6 heteroatoms. The minimum Gasteiger partial charge on any atom is -0.384 e. The van der Waals surface area contributed by atoms with E-state index in [1.807, 2.05) is 0 Å². The van der Waals surface area contributed by atoms with Crippen molar-refractivity contribution in [2.45, 2.75) is 20.0 Å². The van der Waals surface area contributed by atoms with Crippen LogP contribution in [0.25, 0.3) is 0 Å². The second-order valence-corrected chi connectivity index (χ2v) is 2.00. The molecule has 0 aromatic carbocycles. The number of aliphatic hydroxyl groups is 1. The Morgan fingerprint density at radius 3 is 1.42 bits per heavy atom. The molecule has 12 heavy (non-hydrogen) atoms. The van der Waals surface area contributed by atoms with Crippen LogP contribution in [0.1, 0.15) is 13.8 Å². The molecule has 70 valence electrons. The molecule has 0 rings (SSSR count). The molecule has 1 unspecified atom stereocenters. The monoisotopic (exact) mass is 176 g/mol. The predicted molar refractivity (Wildman–Crippen MR) is 40.8 cm³/mol. The van der Waals surface area contributed by atoms with Crippen LogP contribution in [0, 0.1) is 0 Å². The average molecular weight is 176 g/mol. The number of rotatable bonds is 2. The van der Waals surface area contributed by atoms with Crippen LogP contribution in [0.15, 0.2) is 0 Å². The summed E-state index contributed by atoms with van der Waals surface area (Å²) in [7, 11) is 0. The van der Waals surface area contributed by atoms with Gasteiger partial charge in [0, 0.05) is 6.92 Å². The number of carbonyl (C=O) groups excluding carboxylic acids is 3. The smallest absolute Gasteiger partial charge is 0.284 e. The normalized spacial score (nSPS) is 10.6. The third-order valence-electron chi connectivity index (χ3n) is 0.759. The molecule has 0 spiro atoms. The van der Waals surface area contributed by atoms with Gasteiger partial charge in [0.15, 0.2) is 0 Å². The van der Waals surface area contributed by atoms with Crippen molar-refractivity contribution < 1.29 is 19.5 Å². The molecule has 0 heterocycles. The van der Waals surface area contributed by atoms with Gasteiger partial charge in [-0.1, -0.05) is 0 Å². The summed E-state index contributed by atoms with van der Waals surface area (Å²) >= 11 is 0. The number of aliphatic hydroxyl groups excluding tert-OH is 1. The molecule has 0 aliphatic rings. The molecule has 0 aliphatic carbocycles. The quantitative estimate of drug-likeness (QED) is 0.417. The zero-order valence-electron chi connectivity index (χ0n) is 6.90. The second-order valence-electron chi connectivity index (χ2n) is 2.00. The SMILES string of the molecule is CC(=O)C(N)=O.CC(O)C(N)=O. The maximum atomic E-state index is 9.67. The first-order valence-corrected chi connectivity index (χ1v) is 3.06. The molecule has 1 atom stereocenters. The van der Waals surface area contributed by atoms with Gasteiger partial charge in [0.25, 0.3) is 5.91 Å². The van der Waals surface area contributed by atoms with Crippen LogP contribution < -0.4 is 11.5 Å². The van der Waals surface area contributed by atoms with Gasteiger partial charge >= 0.3 is 0 Å². The highest BCUT2D eigenvalue weighted by Crippen LogP contribution is 1.70. The number of Topliss-reactive ketones (excluding diaryl/α,β-unsaturated/α-hetero) is 1. The van der Waals surface area contributed by atoms with E-state index in [0.29, 0.717) is 0 Å². The summed E-state index contributed by atoms with van der Waals surface area (Å²) < 4.78 is 0. The fourth-order valence-electron chi connectivity index (χ4n) is 0. The molecule has 0 radical (unpaired) electrons. The van der Waals surface area contributed by atoms with E-state index in [9.17, 15) is 14.4 Å². The molecular weight excluding hydrogens is 164 g/mol. The second kappa shape index (κ2) is 6.29. The van der Waals surface area contributed by atoms with E-state index >= 15 is 0 Å². The number of primary amides is 2. The van der Waals surface area contributed by atoms with E-state index in [2.05, 4.69) is 11.5 Å². The molecule has 0 bridgehead atoms. The fourth-order valence-corrected chi connectivity index (χ4v) is 0. The van der Waals surface area contributed by atoms with Crippen LogP contribution in [0.2, 0.25) is 0 Å². The molecule has 0 fully saturated rings. The number of hydrogen-bond acceptors (Lipinski definition) is 4. The number of nitrogens with two attached hydrogens (primary N) is 2. The summed E-state index contributed by atoms with van der Waals surface area (Å²) in [6.07, 6.45) is -1.01. The van der Waals surface area contributed by atoms with E-state index in [0.717, 1.165) is 6.92 Å². The maximum absolute atomic E-state index is 9.67. The summed E-state index contributed by atoms with van der Waals surface area (Å²) in [5.74, 6) is -2.17. The van der Waals surface area contributed by atoms with Gasteiger partial charge in [0.05, 0.1) is 0 Å². The summed E-state index contributed by atoms with van der Waals surface area (Å²) in [4.78, 5) is 28.9. The van der Waals surface area contributed by atoms with Crippen molar-refractivity contribution in [3.05, 3.63) is 0 Å². The minimum absolute atomic E-state index is 0.602. The summed E-state index contributed by atoms with van der Waals surface area (Å²) in [6, 6.07) is 0. The van der Waals surface area contributed by atoms with Crippen LogP contribution in [0.4, 0.5) is 0 Å². The highest BCUT2D eigenvalue weighted by atomic mass is 16.3. The van der Waals surface area contributed by atoms with Crippen LogP contribution >= 0.6 is 0 Å². The molecule has 0 saturated carbocycles. The van der Waals surface area contributed by atoms with Crippen LogP contribution in [0.5, 0.6) is 0 Å². The highest BCUT2D eigenvalue weighted by molar-refractivity contribution is 6.34. The molecule has 5 N–H and O–H groups in total. The molecule has 6 nitrogen and oxygen atoms in total. The van der Waals surface area contributed by atoms with Crippen molar-refractivity contribution in [1.29, 1.82) is 0 Å². The van der Waals surface area contributed by atoms with Crippen LogP contribution in [0.3, 0.4) is 0 Å². The molecule has 0 saturated heterocycles. The van der Waals surface area contributed by atoms with Gasteiger partial charge in [-0.2, -0.15) is 0 Å². The number of carbonyl (C=O) groups is 3. The van der Waals surface area contributed by atoms with Gasteiger partial charge in [-0.15, -0.1) is 0 Å². The van der Waals surface area contributed by atoms with Crippen molar-refractivity contribution in [3.63, 3.8) is 0 Å². The molecule has 2 amide bonds. The predicted octanol–water partition coefficient (Wildman–Crippen LogP) is -2.09. The Morgan fingerprint density at radius 2 is 1.42 bits per heavy atom. The Kier molecular flexibility index (Phi) is 6.91. The van der Waals surface area contributed by atoms with Crippen molar-refractivity contribution in [2.75, 3.05) is 0 Å². The third-order valence-corrected chi connectivity index (χ3v) is 0.759. The third kappa shape index (κ3) is 11.4. The first-order valence-electron chi connectivity index (χ1n) is 3.06. The van der Waals surface area contributed by atoms with Crippen molar-refractivity contribution in [3.8, 4) is 0 Å². The highest BCUT2D eigenvalue weighted by Gasteiger charge is 1.98. The van der Waals surface area contributed by atoms with E-state index in [4.69, 9.17) is 5.11 Å². The molecular formula is C6H12N2O4. The first kappa shape index (κ1) is 13.2. The Labute approximate surface area is 69.5 Å². The molecule has 0 aromatic heterocycles. The number of amides is 2. The van der Waals surface area contributed by atoms with Crippen LogP contribution in [-0.4, -0.2) is 28.8 Å². The number of hydrogen-bond donors (Lipinski definition) is 3. The van der Waals surface area contributed by atoms with Gasteiger partial charge in [-0.25, -0.2) is 0 Å². The Bertz CT molecular complexity index is 176. The van der Waals surface area contributed by atoms with E-state index < -0.39 is 23.7 Å². The van der Waals surface area contributed by atoms with Gasteiger partial charge in [0.1, 0.15) is 6.10 Å². The first-order chi connectivity index (χ1) is 5.29. The lowest BCUT2D eigenvalue weighted by Gasteiger charge is -1.90. The lowest BCUT2D eigenvalue weighted by Crippen LogP contribution is -2.24. The minimum atomic E-state index is -1.01. The van der Waals surface area contributed by atoms with E-state index in [1.165, 1.54) is 6.92 Å². The van der Waals surface area contributed by atoms with Crippen LogP contribution in [-0.2, 0) is 14.4 Å². The molecule has 0 aliphatic heterocycles. The van der Waals surface area contributed by atoms with E-state index in [-0.39, 0.29) is 0 Å². The standard InChI is InChI=1S/C3H7NO2.C3H5NO2/c2*1-2(5)3(4)6/h2,5H,1H3,(H2,4,6);1H3,(H2,4,6). The lowest BCUT2D eigenvalue weighted by atomic mass is 10.4. The lowest BCUT2D eigenvalue weighted by molar-refractivity contribution is -0.134. The van der Waals surface area contributed by atoms with Gasteiger partial charge in [0.2, 0.25) is 11.7 Å².